The number of benzene rings is 2. The molecule has 0 radical (unpaired) electrons. The lowest BCUT2D eigenvalue weighted by atomic mass is 10.0. The third-order valence-corrected chi connectivity index (χ3v) is 5.16. The molecule has 26 heavy (non-hydrogen) atoms. The zero-order valence-electron chi connectivity index (χ0n) is 14.3. The quantitative estimate of drug-likeness (QED) is 0.787. The molecule has 3 heterocycles. The lowest BCUT2D eigenvalue weighted by Crippen LogP contribution is -2.25. The molecule has 0 bridgehead atoms. The molecule has 1 fully saturated rings. The van der Waals surface area contributed by atoms with E-state index in [9.17, 15) is 4.79 Å². The molecule has 2 aliphatic heterocycles. The molecular weight excluding hydrogens is 330 g/mol. The molecule has 6 heteroatoms. The van der Waals surface area contributed by atoms with Crippen LogP contribution in [-0.4, -0.2) is 28.2 Å². The van der Waals surface area contributed by atoms with Crippen LogP contribution in [0.3, 0.4) is 0 Å². The van der Waals surface area contributed by atoms with Gasteiger partial charge in [-0.3, -0.25) is 9.69 Å². The molecule has 132 valence electrons. The Balaban J connectivity index is 1.44. The van der Waals surface area contributed by atoms with Crippen molar-refractivity contribution >= 4 is 10.9 Å². The van der Waals surface area contributed by atoms with Crippen LogP contribution in [0.5, 0.6) is 11.5 Å². The maximum absolute atomic E-state index is 12.3. The maximum atomic E-state index is 12.3. The van der Waals surface area contributed by atoms with Gasteiger partial charge in [-0.25, -0.2) is 4.98 Å². The van der Waals surface area contributed by atoms with Crippen molar-refractivity contribution in [1.82, 2.24) is 14.9 Å². The molecule has 0 saturated carbocycles. The smallest absolute Gasteiger partial charge is 0.258 e. The first-order valence-electron chi connectivity index (χ1n) is 8.89. The molecule has 6 nitrogen and oxygen atoms in total. The Morgan fingerprint density at radius 3 is 3.00 bits per heavy atom. The highest BCUT2D eigenvalue weighted by molar-refractivity contribution is 5.77. The Kier molecular flexibility index (Phi) is 3.64. The van der Waals surface area contributed by atoms with E-state index < -0.39 is 0 Å². The van der Waals surface area contributed by atoms with E-state index in [-0.39, 0.29) is 12.4 Å². The van der Waals surface area contributed by atoms with Crippen molar-refractivity contribution in [3.05, 3.63) is 64.2 Å². The third-order valence-electron chi connectivity index (χ3n) is 5.16. The number of hydrogen-bond acceptors (Lipinski definition) is 5. The Labute approximate surface area is 150 Å². The number of rotatable bonds is 3. The van der Waals surface area contributed by atoms with Crippen molar-refractivity contribution in [3.8, 4) is 11.5 Å². The minimum atomic E-state index is -0.0792. The maximum Gasteiger partial charge on any atom is 0.258 e. The van der Waals surface area contributed by atoms with Gasteiger partial charge in [0, 0.05) is 6.04 Å². The first-order chi connectivity index (χ1) is 12.8. The molecule has 1 aromatic heterocycles. The summed E-state index contributed by atoms with van der Waals surface area (Å²) in [6.07, 6.45) is 2.20. The summed E-state index contributed by atoms with van der Waals surface area (Å²) in [5, 5.41) is 0.630. The van der Waals surface area contributed by atoms with Crippen molar-refractivity contribution in [1.29, 1.82) is 0 Å². The minimum Gasteiger partial charge on any atom is -0.454 e. The highest BCUT2D eigenvalue weighted by Gasteiger charge is 2.28. The number of likely N-dealkylation sites (tertiary alicyclic amines) is 1. The van der Waals surface area contributed by atoms with E-state index in [0.29, 0.717) is 23.8 Å². The zero-order chi connectivity index (χ0) is 17.5. The number of aromatic amines is 1. The van der Waals surface area contributed by atoms with Crippen LogP contribution in [0.25, 0.3) is 10.9 Å². The Hall–Kier alpha value is -2.86. The number of para-hydroxylation sites is 1. The number of aromatic nitrogens is 2. The fourth-order valence-corrected chi connectivity index (χ4v) is 3.92. The standard InChI is InChI=1S/C20H19N3O3/c24-20-14-4-1-2-5-15(14)21-19(22-20)11-23-9-3-6-16(23)13-7-8-17-18(10-13)26-12-25-17/h1-2,4-5,7-8,10,16H,3,6,9,11-12H2,(H,21,22,24)/t16-/m1/s1. The van der Waals surface area contributed by atoms with E-state index in [2.05, 4.69) is 27.0 Å². The van der Waals surface area contributed by atoms with Gasteiger partial charge in [0.15, 0.2) is 11.5 Å². The molecule has 1 atom stereocenters. The van der Waals surface area contributed by atoms with Crippen LogP contribution in [0.1, 0.15) is 30.3 Å². The molecule has 0 spiro atoms. The van der Waals surface area contributed by atoms with Crippen molar-refractivity contribution in [2.75, 3.05) is 13.3 Å². The van der Waals surface area contributed by atoms with Gasteiger partial charge in [0.2, 0.25) is 6.79 Å². The predicted molar refractivity (Wildman–Crippen MR) is 97.3 cm³/mol. The van der Waals surface area contributed by atoms with Crippen molar-refractivity contribution in [2.24, 2.45) is 0 Å². The summed E-state index contributed by atoms with van der Waals surface area (Å²) in [5.41, 5.74) is 1.88. The Bertz CT molecular complexity index is 1030. The summed E-state index contributed by atoms with van der Waals surface area (Å²) in [4.78, 5) is 22.3. The van der Waals surface area contributed by atoms with Gasteiger partial charge in [0.1, 0.15) is 5.82 Å². The van der Waals surface area contributed by atoms with Crippen LogP contribution in [0, 0.1) is 0 Å². The second-order valence-electron chi connectivity index (χ2n) is 6.77. The average molecular weight is 349 g/mol. The normalized spacial score (nSPS) is 19.3. The molecule has 1 N–H and O–H groups in total. The van der Waals surface area contributed by atoms with E-state index in [1.165, 1.54) is 5.56 Å². The fraction of sp³-hybridized carbons (Fsp3) is 0.300. The molecule has 2 aliphatic rings. The minimum absolute atomic E-state index is 0.0792. The van der Waals surface area contributed by atoms with E-state index in [1.807, 2.05) is 24.3 Å². The molecule has 2 aromatic carbocycles. The lowest BCUT2D eigenvalue weighted by molar-refractivity contribution is 0.173. The highest BCUT2D eigenvalue weighted by Crippen LogP contribution is 2.39. The van der Waals surface area contributed by atoms with Crippen LogP contribution in [0.4, 0.5) is 0 Å². The van der Waals surface area contributed by atoms with Crippen molar-refractivity contribution in [2.45, 2.75) is 25.4 Å². The number of fused-ring (bicyclic) bond motifs is 2. The molecule has 1 saturated heterocycles. The largest absolute Gasteiger partial charge is 0.454 e. The van der Waals surface area contributed by atoms with Gasteiger partial charge >= 0.3 is 0 Å². The highest BCUT2D eigenvalue weighted by atomic mass is 16.7. The van der Waals surface area contributed by atoms with Gasteiger partial charge in [0.05, 0.1) is 17.4 Å². The van der Waals surface area contributed by atoms with Gasteiger partial charge in [-0.15, -0.1) is 0 Å². The SMILES string of the molecule is O=c1[nH]c(CN2CCC[C@@H]2c2ccc3c(c2)OCO3)nc2ccccc12. The predicted octanol–water partition coefficient (Wildman–Crippen LogP) is 2.99. The van der Waals surface area contributed by atoms with Crippen LogP contribution in [0.2, 0.25) is 0 Å². The van der Waals surface area contributed by atoms with Gasteiger partial charge in [-0.1, -0.05) is 18.2 Å². The second kappa shape index (κ2) is 6.14. The number of H-pyrrole nitrogens is 1. The molecule has 0 unspecified atom stereocenters. The summed E-state index contributed by atoms with van der Waals surface area (Å²) in [5.74, 6) is 2.33. The van der Waals surface area contributed by atoms with E-state index in [0.717, 1.165) is 36.4 Å². The van der Waals surface area contributed by atoms with Gasteiger partial charge in [-0.2, -0.15) is 0 Å². The lowest BCUT2D eigenvalue weighted by Gasteiger charge is -2.24. The molecule has 0 amide bonds. The summed E-state index contributed by atoms with van der Waals surface area (Å²) in [6, 6.07) is 13.9. The monoisotopic (exact) mass is 349 g/mol. The molecular formula is C20H19N3O3. The Morgan fingerprint density at radius 1 is 1.15 bits per heavy atom. The summed E-state index contributed by atoms with van der Waals surface area (Å²) in [7, 11) is 0. The van der Waals surface area contributed by atoms with Crippen LogP contribution < -0.4 is 15.0 Å². The topological polar surface area (TPSA) is 67.5 Å². The number of ether oxygens (including phenoxy) is 2. The summed E-state index contributed by atoms with van der Waals surface area (Å²) in [6.45, 7) is 1.89. The van der Waals surface area contributed by atoms with E-state index in [1.54, 1.807) is 6.07 Å². The van der Waals surface area contributed by atoms with Gasteiger partial charge in [-0.05, 0) is 49.2 Å². The van der Waals surface area contributed by atoms with Gasteiger partial charge < -0.3 is 14.5 Å². The van der Waals surface area contributed by atoms with Crippen LogP contribution in [-0.2, 0) is 6.54 Å². The average Bonchev–Trinajstić information content (AvgIpc) is 3.30. The van der Waals surface area contributed by atoms with E-state index in [4.69, 9.17) is 9.47 Å². The van der Waals surface area contributed by atoms with E-state index >= 15 is 0 Å². The molecule has 0 aliphatic carbocycles. The summed E-state index contributed by atoms with van der Waals surface area (Å²) >= 11 is 0. The summed E-state index contributed by atoms with van der Waals surface area (Å²) < 4.78 is 10.9. The second-order valence-corrected chi connectivity index (χ2v) is 6.77. The van der Waals surface area contributed by atoms with Crippen LogP contribution >= 0.6 is 0 Å². The number of nitrogens with one attached hydrogen (secondary N) is 1. The third kappa shape index (κ3) is 2.63. The fourth-order valence-electron chi connectivity index (χ4n) is 3.92. The number of nitrogens with zero attached hydrogens (tertiary/aromatic N) is 2. The number of hydrogen-bond donors (Lipinski definition) is 1. The first kappa shape index (κ1) is 15.4. The van der Waals surface area contributed by atoms with Crippen molar-refractivity contribution < 1.29 is 9.47 Å². The van der Waals surface area contributed by atoms with Crippen LogP contribution in [0.15, 0.2) is 47.3 Å². The molecule has 5 rings (SSSR count). The van der Waals surface area contributed by atoms with Crippen molar-refractivity contribution in [3.63, 3.8) is 0 Å². The first-order valence-corrected chi connectivity index (χ1v) is 8.89. The molecule has 3 aromatic rings. The van der Waals surface area contributed by atoms with Gasteiger partial charge in [0.25, 0.3) is 5.56 Å². The Morgan fingerprint density at radius 2 is 2.04 bits per heavy atom. The zero-order valence-corrected chi connectivity index (χ0v) is 14.3.